The molecule has 0 aliphatic rings. The number of benzene rings is 10. The summed E-state index contributed by atoms with van der Waals surface area (Å²) < 4.78 is 67.0. The van der Waals surface area contributed by atoms with Gasteiger partial charge in [-0.25, -0.2) is 22.4 Å². The summed E-state index contributed by atoms with van der Waals surface area (Å²) in [7, 11) is 0. The van der Waals surface area contributed by atoms with Gasteiger partial charge in [-0.1, -0.05) is 139 Å². The van der Waals surface area contributed by atoms with Crippen LogP contribution in [0.5, 0.6) is 0 Å². The predicted octanol–water partition coefficient (Wildman–Crippen LogP) is 18.4. The van der Waals surface area contributed by atoms with E-state index in [0.29, 0.717) is 55.9 Å². The standard InChI is InChI=1S/C62H46F4N4/c1-61(2,3)42-18-10-38(11-19-42)49-32-53(65)57(34-51(49)63)69(45-24-8-37(36-67)9-25-45)55-30-16-40-15-29-48-56(31-17-41-14-28-47(55)59(40)60(41)48)70(46-26-22-44(68-7)23-27-46)58-35-52(64)50(33-54(58)66)39-12-20-43(21-13-39)62(4,5)6/h8-35H,1-6H3. The summed E-state index contributed by atoms with van der Waals surface area (Å²) in [5, 5.41) is 14.5. The highest BCUT2D eigenvalue weighted by Crippen LogP contribution is 2.49. The minimum Gasteiger partial charge on any atom is -0.307 e. The average Bonchev–Trinajstić information content (AvgIpc) is 3.35. The van der Waals surface area contributed by atoms with Gasteiger partial charge in [0.15, 0.2) is 5.69 Å². The summed E-state index contributed by atoms with van der Waals surface area (Å²) in [6, 6.07) is 50.9. The summed E-state index contributed by atoms with van der Waals surface area (Å²) >= 11 is 0. The molecule has 0 bridgehead atoms. The van der Waals surface area contributed by atoms with E-state index in [0.717, 1.165) is 32.7 Å². The van der Waals surface area contributed by atoms with E-state index in [-0.39, 0.29) is 33.3 Å². The first-order valence-corrected chi connectivity index (χ1v) is 23.0. The van der Waals surface area contributed by atoms with Gasteiger partial charge >= 0.3 is 0 Å². The van der Waals surface area contributed by atoms with E-state index >= 15 is 17.6 Å². The Morgan fingerprint density at radius 1 is 0.443 bits per heavy atom. The number of anilines is 6. The minimum atomic E-state index is -0.657. The highest BCUT2D eigenvalue weighted by Gasteiger charge is 2.27. The van der Waals surface area contributed by atoms with Crippen LogP contribution in [0.25, 0.3) is 59.4 Å². The van der Waals surface area contributed by atoms with Crippen molar-refractivity contribution in [1.29, 1.82) is 5.26 Å². The first kappa shape index (κ1) is 45.3. The molecule has 10 aromatic carbocycles. The SMILES string of the molecule is [C-]#[N+]c1ccc(N(c2cc(F)c(-c3ccc(C(C)(C)C)cc3)cc2F)c2ccc3ccc4c(N(c5ccc(C#N)cc5)c5cc(F)c(-c6ccc(C(C)(C)C)cc6)cc5F)ccc5ccc2c3c54)cc1. The molecule has 0 unspecified atom stereocenters. The largest absolute Gasteiger partial charge is 0.307 e. The van der Waals surface area contributed by atoms with E-state index in [1.54, 1.807) is 58.3 Å². The van der Waals surface area contributed by atoms with Crippen LogP contribution in [0.3, 0.4) is 0 Å². The fourth-order valence-electron chi connectivity index (χ4n) is 9.49. The Labute approximate surface area is 405 Å². The third-order valence-electron chi connectivity index (χ3n) is 13.3. The molecule has 0 saturated carbocycles. The highest BCUT2D eigenvalue weighted by molar-refractivity contribution is 6.28. The van der Waals surface area contributed by atoms with Gasteiger partial charge in [-0.3, -0.25) is 0 Å². The molecule has 0 aromatic heterocycles. The zero-order valence-electron chi connectivity index (χ0n) is 39.5. The lowest BCUT2D eigenvalue weighted by atomic mass is 9.86. The molecule has 0 spiro atoms. The topological polar surface area (TPSA) is 34.6 Å². The zero-order valence-corrected chi connectivity index (χ0v) is 39.5. The van der Waals surface area contributed by atoms with Gasteiger partial charge in [-0.05, 0) is 115 Å². The Balaban J connectivity index is 1.16. The van der Waals surface area contributed by atoms with Crippen molar-refractivity contribution < 1.29 is 17.6 Å². The van der Waals surface area contributed by atoms with Crippen molar-refractivity contribution in [3.05, 3.63) is 221 Å². The Kier molecular flexibility index (Phi) is 11.2. The molecule has 342 valence electrons. The van der Waals surface area contributed by atoms with Crippen LogP contribution in [-0.2, 0) is 10.8 Å². The van der Waals surface area contributed by atoms with Gasteiger partial charge in [-0.15, -0.1) is 0 Å². The average molecular weight is 923 g/mol. The van der Waals surface area contributed by atoms with Crippen LogP contribution in [0.1, 0.15) is 58.2 Å². The molecule has 0 radical (unpaired) electrons. The molecule has 0 atom stereocenters. The summed E-state index contributed by atoms with van der Waals surface area (Å²) in [4.78, 5) is 6.91. The van der Waals surface area contributed by atoms with Gasteiger partial charge in [-0.2, -0.15) is 5.26 Å². The second-order valence-electron chi connectivity index (χ2n) is 19.8. The monoisotopic (exact) mass is 922 g/mol. The minimum absolute atomic E-state index is 0.0306. The number of halogens is 4. The van der Waals surface area contributed by atoms with Gasteiger partial charge in [0.1, 0.15) is 23.3 Å². The predicted molar refractivity (Wildman–Crippen MR) is 279 cm³/mol. The molecule has 0 N–H and O–H groups in total. The number of nitriles is 1. The van der Waals surface area contributed by atoms with Crippen molar-refractivity contribution in [1.82, 2.24) is 0 Å². The lowest BCUT2D eigenvalue weighted by molar-refractivity contribution is 0.590. The van der Waals surface area contributed by atoms with E-state index in [1.165, 1.54) is 24.3 Å². The van der Waals surface area contributed by atoms with Crippen molar-refractivity contribution in [2.75, 3.05) is 9.80 Å². The third-order valence-corrected chi connectivity index (χ3v) is 13.3. The Morgan fingerprint density at radius 3 is 1.20 bits per heavy atom. The molecular weight excluding hydrogens is 877 g/mol. The fraction of sp³-hybridized carbons (Fsp3) is 0.129. The van der Waals surface area contributed by atoms with Crippen LogP contribution in [0.4, 0.5) is 57.4 Å². The number of hydrogen-bond donors (Lipinski definition) is 0. The molecule has 4 nitrogen and oxygen atoms in total. The third kappa shape index (κ3) is 8.02. The Morgan fingerprint density at radius 2 is 0.829 bits per heavy atom. The lowest BCUT2D eigenvalue weighted by Crippen LogP contribution is -2.14. The molecule has 0 aliphatic carbocycles. The van der Waals surface area contributed by atoms with E-state index in [1.807, 2.05) is 97.1 Å². The maximum atomic E-state index is 17.0. The van der Waals surface area contributed by atoms with Crippen LogP contribution in [0, 0.1) is 41.2 Å². The molecule has 0 heterocycles. The normalized spacial score (nSPS) is 11.8. The van der Waals surface area contributed by atoms with Crippen LogP contribution in [-0.4, -0.2) is 0 Å². The summed E-state index contributed by atoms with van der Waals surface area (Å²) in [6.45, 7) is 20.2. The van der Waals surface area contributed by atoms with Crippen molar-refractivity contribution in [3.63, 3.8) is 0 Å². The Bertz CT molecular complexity index is 3470. The van der Waals surface area contributed by atoms with E-state index in [9.17, 15) is 5.26 Å². The molecule has 0 saturated heterocycles. The molecular formula is C62H46F4N4. The first-order valence-electron chi connectivity index (χ1n) is 23.0. The number of rotatable bonds is 8. The van der Waals surface area contributed by atoms with Crippen LogP contribution in [0.15, 0.2) is 170 Å². The van der Waals surface area contributed by atoms with Crippen LogP contribution < -0.4 is 9.80 Å². The van der Waals surface area contributed by atoms with E-state index in [4.69, 9.17) is 6.57 Å². The van der Waals surface area contributed by atoms with E-state index < -0.39 is 23.3 Å². The van der Waals surface area contributed by atoms with E-state index in [2.05, 4.69) is 52.5 Å². The molecule has 0 amide bonds. The second kappa shape index (κ2) is 17.3. The number of hydrogen-bond acceptors (Lipinski definition) is 3. The maximum Gasteiger partial charge on any atom is 0.187 e. The zero-order chi connectivity index (χ0) is 49.2. The molecule has 0 fully saturated rings. The van der Waals surface area contributed by atoms with Crippen molar-refractivity contribution in [2.24, 2.45) is 0 Å². The quantitative estimate of drug-likeness (QED) is 0.0865. The Hall–Kier alpha value is -8.46. The van der Waals surface area contributed by atoms with Crippen molar-refractivity contribution >= 4 is 72.1 Å². The molecule has 10 aromatic rings. The molecule has 8 heteroatoms. The van der Waals surface area contributed by atoms with Crippen molar-refractivity contribution in [2.45, 2.75) is 52.4 Å². The lowest BCUT2D eigenvalue weighted by Gasteiger charge is -2.30. The van der Waals surface area contributed by atoms with Gasteiger partial charge in [0, 0.05) is 45.4 Å². The van der Waals surface area contributed by atoms with Gasteiger partial charge in [0.05, 0.1) is 41.0 Å². The van der Waals surface area contributed by atoms with Crippen LogP contribution >= 0.6 is 0 Å². The van der Waals surface area contributed by atoms with Gasteiger partial charge in [0.2, 0.25) is 0 Å². The van der Waals surface area contributed by atoms with Crippen molar-refractivity contribution in [3.8, 4) is 28.3 Å². The summed E-state index contributed by atoms with van der Waals surface area (Å²) in [5.41, 5.74) is 6.05. The number of nitrogens with zero attached hydrogens (tertiary/aromatic N) is 4. The second-order valence-corrected chi connectivity index (χ2v) is 19.8. The molecule has 10 rings (SSSR count). The first-order chi connectivity index (χ1) is 33.5. The van der Waals surface area contributed by atoms with Gasteiger partial charge in [0.25, 0.3) is 0 Å². The fourth-order valence-corrected chi connectivity index (χ4v) is 9.49. The summed E-state index contributed by atoms with van der Waals surface area (Å²) in [6.07, 6.45) is 0. The van der Waals surface area contributed by atoms with Crippen LogP contribution in [0.2, 0.25) is 0 Å². The van der Waals surface area contributed by atoms with Gasteiger partial charge < -0.3 is 9.80 Å². The molecule has 70 heavy (non-hydrogen) atoms. The highest BCUT2D eigenvalue weighted by atomic mass is 19.1. The smallest absolute Gasteiger partial charge is 0.187 e. The summed E-state index contributed by atoms with van der Waals surface area (Å²) in [5.74, 6) is -2.53. The maximum absolute atomic E-state index is 17.0. The molecule has 0 aliphatic heterocycles.